The third-order valence-electron chi connectivity index (χ3n) is 4.60. The first-order valence-electron chi connectivity index (χ1n) is 7.97. The van der Waals surface area contributed by atoms with Crippen LogP contribution >= 0.6 is 11.6 Å². The summed E-state index contributed by atoms with van der Waals surface area (Å²) < 4.78 is 0. The lowest BCUT2D eigenvalue weighted by Crippen LogP contribution is -2.02. The summed E-state index contributed by atoms with van der Waals surface area (Å²) in [6, 6.07) is 8.72. The van der Waals surface area contributed by atoms with Crippen molar-refractivity contribution in [2.45, 2.75) is 50.9 Å². The monoisotopic (exact) mass is 298 g/mol. The van der Waals surface area contributed by atoms with Crippen LogP contribution in [0.5, 0.6) is 0 Å². The van der Waals surface area contributed by atoms with Crippen LogP contribution in [0.2, 0.25) is 5.15 Å². The first-order valence-corrected chi connectivity index (χ1v) is 8.35. The van der Waals surface area contributed by atoms with E-state index >= 15 is 0 Å². The molecule has 2 aliphatic rings. The molecule has 1 heterocycles. The van der Waals surface area contributed by atoms with Crippen LogP contribution in [0.15, 0.2) is 24.3 Å². The fourth-order valence-electron chi connectivity index (χ4n) is 3.18. The lowest BCUT2D eigenvalue weighted by molar-refractivity contribution is 0.709. The van der Waals surface area contributed by atoms with Gasteiger partial charge in [-0.1, -0.05) is 42.3 Å². The number of halogens is 1. The van der Waals surface area contributed by atoms with Crippen molar-refractivity contribution in [1.82, 2.24) is 9.97 Å². The normalized spacial score (nSPS) is 18.1. The molecule has 108 valence electrons. The van der Waals surface area contributed by atoms with E-state index in [1.807, 2.05) is 0 Å². The summed E-state index contributed by atoms with van der Waals surface area (Å²) in [4.78, 5) is 9.34. The van der Waals surface area contributed by atoms with E-state index in [0.29, 0.717) is 5.15 Å². The van der Waals surface area contributed by atoms with Crippen LogP contribution < -0.4 is 0 Å². The zero-order chi connectivity index (χ0) is 14.2. The molecule has 0 unspecified atom stereocenters. The first-order chi connectivity index (χ1) is 10.3. The van der Waals surface area contributed by atoms with E-state index in [9.17, 15) is 0 Å². The third-order valence-corrected chi connectivity index (χ3v) is 4.91. The van der Waals surface area contributed by atoms with Gasteiger partial charge in [-0.3, -0.25) is 0 Å². The molecule has 0 radical (unpaired) electrons. The van der Waals surface area contributed by atoms with Crippen molar-refractivity contribution in [2.75, 3.05) is 0 Å². The molecule has 1 fully saturated rings. The molecular weight excluding hydrogens is 280 g/mol. The minimum Gasteiger partial charge on any atom is -0.233 e. The molecule has 21 heavy (non-hydrogen) atoms. The largest absolute Gasteiger partial charge is 0.233 e. The number of hydrogen-bond donors (Lipinski definition) is 0. The zero-order valence-electron chi connectivity index (χ0n) is 12.1. The second-order valence-corrected chi connectivity index (χ2v) is 6.58. The Morgan fingerprint density at radius 2 is 1.67 bits per heavy atom. The molecule has 1 saturated carbocycles. The molecule has 0 amide bonds. The lowest BCUT2D eigenvalue weighted by Gasteiger charge is -2.10. The van der Waals surface area contributed by atoms with Gasteiger partial charge in [-0.25, -0.2) is 9.97 Å². The Labute approximate surface area is 130 Å². The number of hydrogen-bond acceptors (Lipinski definition) is 2. The van der Waals surface area contributed by atoms with E-state index in [1.165, 1.54) is 43.2 Å². The van der Waals surface area contributed by atoms with Crippen LogP contribution in [0.1, 0.15) is 54.8 Å². The molecule has 4 rings (SSSR count). The van der Waals surface area contributed by atoms with Crippen molar-refractivity contribution < 1.29 is 0 Å². The van der Waals surface area contributed by atoms with Crippen LogP contribution in [0.25, 0.3) is 11.4 Å². The summed E-state index contributed by atoms with van der Waals surface area (Å²) >= 11 is 6.41. The average molecular weight is 299 g/mol. The summed E-state index contributed by atoms with van der Waals surface area (Å²) in [5.74, 6) is 1.57. The second kappa shape index (κ2) is 5.42. The van der Waals surface area contributed by atoms with Gasteiger partial charge in [-0.2, -0.15) is 0 Å². The lowest BCUT2D eigenvalue weighted by atomic mass is 10.1. The van der Waals surface area contributed by atoms with Gasteiger partial charge in [0, 0.05) is 16.8 Å². The fourth-order valence-corrected chi connectivity index (χ4v) is 3.46. The van der Waals surface area contributed by atoms with Crippen molar-refractivity contribution in [2.24, 2.45) is 0 Å². The number of nitrogens with zero attached hydrogens (tertiary/aromatic N) is 2. The molecule has 0 saturated heterocycles. The van der Waals surface area contributed by atoms with Crippen molar-refractivity contribution in [3.8, 4) is 11.4 Å². The van der Waals surface area contributed by atoms with Crippen LogP contribution in [-0.4, -0.2) is 9.97 Å². The molecule has 3 heteroatoms. The van der Waals surface area contributed by atoms with Gasteiger partial charge in [0.25, 0.3) is 0 Å². The standard InChI is InChI=1S/C18H19ClN2/c19-17-15-4-2-1-3-5-16(15)20-18(21-17)14-10-8-13(9-11-14)12-6-7-12/h8-12H,1-7H2. The SMILES string of the molecule is Clc1nc(-c2ccc(C3CC3)cc2)nc2c1CCCCC2. The smallest absolute Gasteiger partial charge is 0.161 e. The number of fused-ring (bicyclic) bond motifs is 1. The van der Waals surface area contributed by atoms with Gasteiger partial charge in [-0.15, -0.1) is 0 Å². The van der Waals surface area contributed by atoms with E-state index in [4.69, 9.17) is 16.6 Å². The number of benzene rings is 1. The average Bonchev–Trinajstić information content (AvgIpc) is 3.34. The molecule has 0 spiro atoms. The van der Waals surface area contributed by atoms with Crippen LogP contribution in [-0.2, 0) is 12.8 Å². The van der Waals surface area contributed by atoms with Crippen molar-refractivity contribution in [1.29, 1.82) is 0 Å². The quantitative estimate of drug-likeness (QED) is 0.579. The molecule has 2 aromatic rings. The van der Waals surface area contributed by atoms with Crippen LogP contribution in [0, 0.1) is 0 Å². The predicted molar refractivity (Wildman–Crippen MR) is 85.7 cm³/mol. The first kappa shape index (κ1) is 13.3. The Hall–Kier alpha value is -1.41. The molecular formula is C18H19ClN2. The summed E-state index contributed by atoms with van der Waals surface area (Å²) in [6.07, 6.45) is 8.39. The highest BCUT2D eigenvalue weighted by Gasteiger charge is 2.23. The highest BCUT2D eigenvalue weighted by molar-refractivity contribution is 6.30. The molecule has 0 bridgehead atoms. The second-order valence-electron chi connectivity index (χ2n) is 6.22. The van der Waals surface area contributed by atoms with Crippen molar-refractivity contribution in [3.63, 3.8) is 0 Å². The van der Waals surface area contributed by atoms with Gasteiger partial charge < -0.3 is 0 Å². The van der Waals surface area contributed by atoms with Gasteiger partial charge in [-0.05, 0) is 50.0 Å². The maximum absolute atomic E-state index is 6.41. The highest BCUT2D eigenvalue weighted by atomic mass is 35.5. The van der Waals surface area contributed by atoms with Gasteiger partial charge in [0.15, 0.2) is 5.82 Å². The fraction of sp³-hybridized carbons (Fsp3) is 0.444. The van der Waals surface area contributed by atoms with E-state index in [0.717, 1.165) is 35.8 Å². The molecule has 1 aromatic carbocycles. The molecule has 1 aromatic heterocycles. The minimum absolute atomic E-state index is 0.656. The molecule has 0 aliphatic heterocycles. The predicted octanol–water partition coefficient (Wildman–Crippen LogP) is 4.94. The maximum atomic E-state index is 6.41. The number of aryl methyl sites for hydroxylation is 1. The topological polar surface area (TPSA) is 25.8 Å². The Balaban J connectivity index is 1.70. The highest BCUT2D eigenvalue weighted by Crippen LogP contribution is 2.40. The summed E-state index contributed by atoms with van der Waals surface area (Å²) in [5.41, 5.74) is 4.86. The van der Waals surface area contributed by atoms with Gasteiger partial charge >= 0.3 is 0 Å². The minimum atomic E-state index is 0.656. The van der Waals surface area contributed by atoms with E-state index in [-0.39, 0.29) is 0 Å². The number of aromatic nitrogens is 2. The summed E-state index contributed by atoms with van der Waals surface area (Å²) in [5, 5.41) is 0.656. The van der Waals surface area contributed by atoms with Gasteiger partial charge in [0.05, 0.1) is 0 Å². The zero-order valence-corrected chi connectivity index (χ0v) is 12.9. The molecule has 0 N–H and O–H groups in total. The van der Waals surface area contributed by atoms with Crippen LogP contribution in [0.3, 0.4) is 0 Å². The van der Waals surface area contributed by atoms with Crippen molar-refractivity contribution in [3.05, 3.63) is 46.2 Å². The molecule has 0 atom stereocenters. The number of rotatable bonds is 2. The Morgan fingerprint density at radius 1 is 0.905 bits per heavy atom. The summed E-state index contributed by atoms with van der Waals surface area (Å²) in [7, 11) is 0. The Kier molecular flexibility index (Phi) is 3.42. The Bertz CT molecular complexity index is 660. The Morgan fingerprint density at radius 3 is 2.43 bits per heavy atom. The molecule has 2 aliphatic carbocycles. The van der Waals surface area contributed by atoms with Crippen LogP contribution in [0.4, 0.5) is 0 Å². The van der Waals surface area contributed by atoms with E-state index < -0.39 is 0 Å². The van der Waals surface area contributed by atoms with E-state index in [2.05, 4.69) is 29.2 Å². The van der Waals surface area contributed by atoms with E-state index in [1.54, 1.807) is 0 Å². The van der Waals surface area contributed by atoms with Gasteiger partial charge in [0.2, 0.25) is 0 Å². The van der Waals surface area contributed by atoms with Gasteiger partial charge in [0.1, 0.15) is 5.15 Å². The summed E-state index contributed by atoms with van der Waals surface area (Å²) in [6.45, 7) is 0. The molecule has 2 nitrogen and oxygen atoms in total. The van der Waals surface area contributed by atoms with Crippen molar-refractivity contribution >= 4 is 11.6 Å². The maximum Gasteiger partial charge on any atom is 0.161 e. The third kappa shape index (κ3) is 2.69.